The van der Waals surface area contributed by atoms with Crippen molar-refractivity contribution < 1.29 is 8.42 Å². The van der Waals surface area contributed by atoms with Gasteiger partial charge in [-0.1, -0.05) is 13.8 Å². The quantitative estimate of drug-likeness (QED) is 0.790. The lowest BCUT2D eigenvalue weighted by Gasteiger charge is -2.09. The van der Waals surface area contributed by atoms with E-state index in [0.29, 0.717) is 18.8 Å². The Labute approximate surface area is 122 Å². The van der Waals surface area contributed by atoms with Gasteiger partial charge in [0.1, 0.15) is 11.6 Å². The largest absolute Gasteiger partial charge is 0.338 e. The van der Waals surface area contributed by atoms with Crippen LogP contribution in [0.1, 0.15) is 31.4 Å². The lowest BCUT2D eigenvalue weighted by atomic mass is 10.2. The fourth-order valence-electron chi connectivity index (χ4n) is 2.02. The Kier molecular flexibility index (Phi) is 4.19. The van der Waals surface area contributed by atoms with Gasteiger partial charge in [-0.05, 0) is 0 Å². The fourth-order valence-corrected chi connectivity index (χ4v) is 2.70. The standard InChI is InChI=1S/C12H17ClN4O2S/c1-9(2)12-15-11(20(13,18)19)8-17(12)6-4-10-14-5-7-16(10)3/h5,7-9H,4,6H2,1-3H3. The van der Waals surface area contributed by atoms with E-state index in [-0.39, 0.29) is 10.9 Å². The number of hydrogen-bond acceptors (Lipinski definition) is 4. The Morgan fingerprint density at radius 3 is 2.60 bits per heavy atom. The van der Waals surface area contributed by atoms with Gasteiger partial charge < -0.3 is 9.13 Å². The molecule has 0 radical (unpaired) electrons. The van der Waals surface area contributed by atoms with Gasteiger partial charge in [-0.2, -0.15) is 0 Å². The molecule has 2 aromatic heterocycles. The summed E-state index contributed by atoms with van der Waals surface area (Å²) in [5, 5.41) is -0.0947. The maximum atomic E-state index is 11.4. The monoisotopic (exact) mass is 316 g/mol. The molecule has 0 aliphatic rings. The van der Waals surface area contributed by atoms with Gasteiger partial charge >= 0.3 is 0 Å². The predicted octanol–water partition coefficient (Wildman–Crippen LogP) is 1.91. The van der Waals surface area contributed by atoms with Crippen molar-refractivity contribution >= 4 is 19.7 Å². The number of halogens is 1. The Morgan fingerprint density at radius 1 is 1.40 bits per heavy atom. The van der Waals surface area contributed by atoms with Crippen molar-refractivity contribution in [3.63, 3.8) is 0 Å². The lowest BCUT2D eigenvalue weighted by molar-refractivity contribution is 0.598. The second-order valence-corrected chi connectivity index (χ2v) is 7.44. The van der Waals surface area contributed by atoms with Gasteiger partial charge in [0.2, 0.25) is 0 Å². The van der Waals surface area contributed by atoms with Gasteiger partial charge in [-0.15, -0.1) is 0 Å². The maximum absolute atomic E-state index is 11.4. The summed E-state index contributed by atoms with van der Waals surface area (Å²) < 4.78 is 26.5. The third kappa shape index (κ3) is 3.21. The molecule has 8 heteroatoms. The van der Waals surface area contributed by atoms with E-state index >= 15 is 0 Å². The fraction of sp³-hybridized carbons (Fsp3) is 0.500. The minimum atomic E-state index is -3.80. The molecule has 0 aliphatic carbocycles. The van der Waals surface area contributed by atoms with Crippen LogP contribution in [0.15, 0.2) is 23.6 Å². The van der Waals surface area contributed by atoms with Crippen molar-refractivity contribution in [1.82, 2.24) is 19.1 Å². The number of aromatic nitrogens is 4. The molecular formula is C12H17ClN4O2S. The average molecular weight is 317 g/mol. The third-order valence-corrected chi connectivity index (χ3v) is 4.22. The molecule has 0 saturated heterocycles. The summed E-state index contributed by atoms with van der Waals surface area (Å²) in [6.45, 7) is 4.53. The van der Waals surface area contributed by atoms with E-state index in [1.54, 1.807) is 6.20 Å². The molecule has 2 aromatic rings. The first-order valence-corrected chi connectivity index (χ1v) is 8.58. The Balaban J connectivity index is 2.26. The van der Waals surface area contributed by atoms with Gasteiger partial charge in [0.15, 0.2) is 5.03 Å². The van der Waals surface area contributed by atoms with Crippen molar-refractivity contribution in [3.05, 3.63) is 30.2 Å². The normalized spacial score (nSPS) is 12.2. The molecule has 0 atom stereocenters. The molecular weight excluding hydrogens is 300 g/mol. The highest BCUT2D eigenvalue weighted by molar-refractivity contribution is 8.13. The number of hydrogen-bond donors (Lipinski definition) is 0. The molecule has 0 bridgehead atoms. The summed E-state index contributed by atoms with van der Waals surface area (Å²) in [6, 6.07) is 0. The smallest absolute Gasteiger partial charge is 0.280 e. The molecule has 0 fully saturated rings. The minimum Gasteiger partial charge on any atom is -0.338 e. The van der Waals surface area contributed by atoms with E-state index in [9.17, 15) is 8.42 Å². The summed E-state index contributed by atoms with van der Waals surface area (Å²) in [7, 11) is 3.48. The highest BCUT2D eigenvalue weighted by atomic mass is 35.7. The maximum Gasteiger partial charge on any atom is 0.280 e. The van der Waals surface area contributed by atoms with Crippen LogP contribution in [0, 0.1) is 0 Å². The Hall–Kier alpha value is -1.34. The molecule has 0 spiro atoms. The predicted molar refractivity (Wildman–Crippen MR) is 76.3 cm³/mol. The first-order chi connectivity index (χ1) is 9.29. The zero-order valence-electron chi connectivity index (χ0n) is 11.6. The van der Waals surface area contributed by atoms with E-state index in [0.717, 1.165) is 5.82 Å². The van der Waals surface area contributed by atoms with Crippen molar-refractivity contribution in [2.24, 2.45) is 7.05 Å². The number of imidazole rings is 2. The number of nitrogens with zero attached hydrogens (tertiary/aromatic N) is 4. The molecule has 2 heterocycles. The van der Waals surface area contributed by atoms with Gasteiger partial charge in [-0.25, -0.2) is 18.4 Å². The van der Waals surface area contributed by atoms with Crippen LogP contribution in [-0.2, 0) is 29.1 Å². The third-order valence-electron chi connectivity index (χ3n) is 3.05. The highest BCUT2D eigenvalue weighted by Crippen LogP contribution is 2.20. The molecule has 20 heavy (non-hydrogen) atoms. The molecule has 110 valence electrons. The molecule has 0 unspecified atom stereocenters. The van der Waals surface area contributed by atoms with Crippen LogP contribution >= 0.6 is 10.7 Å². The van der Waals surface area contributed by atoms with Crippen LogP contribution in [0.25, 0.3) is 0 Å². The van der Waals surface area contributed by atoms with Crippen LogP contribution in [0.5, 0.6) is 0 Å². The van der Waals surface area contributed by atoms with Crippen LogP contribution in [-0.4, -0.2) is 27.5 Å². The summed E-state index contributed by atoms with van der Waals surface area (Å²) in [4.78, 5) is 8.37. The zero-order chi connectivity index (χ0) is 14.9. The van der Waals surface area contributed by atoms with E-state index in [1.807, 2.05) is 36.2 Å². The molecule has 0 aromatic carbocycles. The number of aryl methyl sites for hydroxylation is 3. The van der Waals surface area contributed by atoms with Crippen molar-refractivity contribution in [1.29, 1.82) is 0 Å². The summed E-state index contributed by atoms with van der Waals surface area (Å²) in [5.41, 5.74) is 0. The van der Waals surface area contributed by atoms with Crippen molar-refractivity contribution in [2.75, 3.05) is 0 Å². The first kappa shape index (κ1) is 15.1. The molecule has 6 nitrogen and oxygen atoms in total. The topological polar surface area (TPSA) is 69.8 Å². The zero-order valence-corrected chi connectivity index (χ0v) is 13.2. The molecule has 0 N–H and O–H groups in total. The van der Waals surface area contributed by atoms with E-state index in [4.69, 9.17) is 10.7 Å². The second-order valence-electron chi connectivity index (χ2n) is 4.93. The van der Waals surface area contributed by atoms with Gasteiger partial charge in [0.25, 0.3) is 9.05 Å². The van der Waals surface area contributed by atoms with E-state index < -0.39 is 9.05 Å². The molecule has 0 aliphatic heterocycles. The number of rotatable bonds is 5. The van der Waals surface area contributed by atoms with Crippen molar-refractivity contribution in [3.8, 4) is 0 Å². The lowest BCUT2D eigenvalue weighted by Crippen LogP contribution is -2.09. The van der Waals surface area contributed by atoms with Gasteiger partial charge in [0, 0.05) is 55.2 Å². The van der Waals surface area contributed by atoms with Crippen LogP contribution in [0.2, 0.25) is 0 Å². The Morgan fingerprint density at radius 2 is 2.10 bits per heavy atom. The Bertz CT molecular complexity index is 703. The van der Waals surface area contributed by atoms with Crippen LogP contribution in [0.3, 0.4) is 0 Å². The summed E-state index contributed by atoms with van der Waals surface area (Å²) in [5.74, 6) is 1.76. The summed E-state index contributed by atoms with van der Waals surface area (Å²) >= 11 is 0. The SMILES string of the molecule is CC(C)c1nc(S(=O)(=O)Cl)cn1CCc1nccn1C. The highest BCUT2D eigenvalue weighted by Gasteiger charge is 2.19. The second kappa shape index (κ2) is 5.57. The van der Waals surface area contributed by atoms with Crippen molar-refractivity contribution in [2.45, 2.75) is 37.8 Å². The van der Waals surface area contributed by atoms with Crippen LogP contribution < -0.4 is 0 Å². The van der Waals surface area contributed by atoms with Gasteiger partial charge in [-0.3, -0.25) is 0 Å². The minimum absolute atomic E-state index is 0.0947. The van der Waals surface area contributed by atoms with E-state index in [1.165, 1.54) is 6.20 Å². The molecule has 0 saturated carbocycles. The molecule has 0 amide bonds. The van der Waals surface area contributed by atoms with Crippen LogP contribution in [0.4, 0.5) is 0 Å². The average Bonchev–Trinajstić information content (AvgIpc) is 2.91. The first-order valence-electron chi connectivity index (χ1n) is 6.27. The van der Waals surface area contributed by atoms with E-state index in [2.05, 4.69) is 9.97 Å². The summed E-state index contributed by atoms with van der Waals surface area (Å²) in [6.07, 6.45) is 5.80. The van der Waals surface area contributed by atoms with Gasteiger partial charge in [0.05, 0.1) is 0 Å². The molecule has 2 rings (SSSR count).